The molecule has 0 aliphatic heterocycles. The normalized spacial score (nSPS) is 12.3. The Morgan fingerprint density at radius 1 is 1.17 bits per heavy atom. The fraction of sp³-hybridized carbons (Fsp3) is 0.273. The molecule has 3 rings (SSSR count). The van der Waals surface area contributed by atoms with E-state index < -0.39 is 6.04 Å². The van der Waals surface area contributed by atoms with E-state index in [9.17, 15) is 9.59 Å². The Morgan fingerprint density at radius 3 is 2.67 bits per heavy atom. The molecule has 8 heteroatoms. The molecule has 2 aromatic heterocycles. The molecular formula is C22H24N4O4. The van der Waals surface area contributed by atoms with Gasteiger partial charge in [0.1, 0.15) is 17.6 Å². The molecule has 0 aliphatic rings. The van der Waals surface area contributed by atoms with Crippen LogP contribution in [0, 0.1) is 5.92 Å². The molecule has 0 bridgehead atoms. The first-order valence-electron chi connectivity index (χ1n) is 9.57. The van der Waals surface area contributed by atoms with Gasteiger partial charge in [-0.05, 0) is 36.3 Å². The summed E-state index contributed by atoms with van der Waals surface area (Å²) in [7, 11) is 1.36. The van der Waals surface area contributed by atoms with Crippen molar-refractivity contribution in [2.45, 2.75) is 26.4 Å². The van der Waals surface area contributed by atoms with E-state index in [0.717, 1.165) is 5.39 Å². The van der Waals surface area contributed by atoms with Gasteiger partial charge in [0.05, 0.1) is 25.4 Å². The predicted octanol–water partition coefficient (Wildman–Crippen LogP) is 3.16. The Morgan fingerprint density at radius 2 is 1.97 bits per heavy atom. The van der Waals surface area contributed by atoms with Crippen molar-refractivity contribution in [2.24, 2.45) is 5.92 Å². The predicted molar refractivity (Wildman–Crippen MR) is 113 cm³/mol. The molecule has 1 atom stereocenters. The van der Waals surface area contributed by atoms with Gasteiger partial charge in [-0.15, -0.1) is 0 Å². The summed E-state index contributed by atoms with van der Waals surface area (Å²) < 4.78 is 10.1. The largest absolute Gasteiger partial charge is 0.467 e. The Labute approximate surface area is 174 Å². The van der Waals surface area contributed by atoms with Crippen LogP contribution >= 0.6 is 0 Å². The van der Waals surface area contributed by atoms with Crippen LogP contribution in [-0.4, -0.2) is 35.0 Å². The quantitative estimate of drug-likeness (QED) is 0.435. The zero-order chi connectivity index (χ0) is 21.5. The van der Waals surface area contributed by atoms with Gasteiger partial charge in [-0.2, -0.15) is 0 Å². The Kier molecular flexibility index (Phi) is 6.79. The summed E-state index contributed by atoms with van der Waals surface area (Å²) in [5, 5.41) is 6.71. The SMILES string of the molecule is COC(=O)[C@@H](Nc1nc(CNC(=O)/C=C/c2ccco2)nc2ccccc12)C(C)C. The molecule has 0 unspecified atom stereocenters. The van der Waals surface area contributed by atoms with Crippen molar-refractivity contribution in [2.75, 3.05) is 12.4 Å². The van der Waals surface area contributed by atoms with Crippen molar-refractivity contribution in [3.05, 3.63) is 60.3 Å². The molecule has 2 N–H and O–H groups in total. The summed E-state index contributed by atoms with van der Waals surface area (Å²) in [4.78, 5) is 33.3. The second-order valence-electron chi connectivity index (χ2n) is 6.96. The molecule has 1 aromatic carbocycles. The van der Waals surface area contributed by atoms with Crippen molar-refractivity contribution in [1.82, 2.24) is 15.3 Å². The number of nitrogens with one attached hydrogen (secondary N) is 2. The number of esters is 1. The van der Waals surface area contributed by atoms with Crippen molar-refractivity contribution < 1.29 is 18.7 Å². The van der Waals surface area contributed by atoms with E-state index in [1.807, 2.05) is 38.1 Å². The highest BCUT2D eigenvalue weighted by molar-refractivity contribution is 5.92. The smallest absolute Gasteiger partial charge is 0.328 e. The van der Waals surface area contributed by atoms with E-state index in [1.165, 1.54) is 19.4 Å². The van der Waals surface area contributed by atoms with Crippen molar-refractivity contribution >= 4 is 34.7 Å². The van der Waals surface area contributed by atoms with E-state index in [1.54, 1.807) is 18.2 Å². The summed E-state index contributed by atoms with van der Waals surface area (Å²) in [5.41, 5.74) is 0.706. The van der Waals surface area contributed by atoms with Gasteiger partial charge >= 0.3 is 5.97 Å². The maximum atomic E-state index is 12.2. The van der Waals surface area contributed by atoms with Crippen LogP contribution in [-0.2, 0) is 20.9 Å². The third-order valence-electron chi connectivity index (χ3n) is 4.43. The minimum atomic E-state index is -0.563. The molecule has 0 radical (unpaired) electrons. The van der Waals surface area contributed by atoms with Gasteiger partial charge in [-0.25, -0.2) is 14.8 Å². The average molecular weight is 408 g/mol. The lowest BCUT2D eigenvalue weighted by Gasteiger charge is -2.21. The van der Waals surface area contributed by atoms with E-state index in [0.29, 0.717) is 22.9 Å². The number of carbonyl (C=O) groups is 2. The number of hydrogen-bond donors (Lipinski definition) is 2. The van der Waals surface area contributed by atoms with Gasteiger partial charge in [0.2, 0.25) is 5.91 Å². The van der Waals surface area contributed by atoms with Crippen LogP contribution in [0.3, 0.4) is 0 Å². The maximum Gasteiger partial charge on any atom is 0.328 e. The molecule has 0 saturated heterocycles. The molecular weight excluding hydrogens is 384 g/mol. The molecule has 0 fully saturated rings. The van der Waals surface area contributed by atoms with Gasteiger partial charge in [-0.1, -0.05) is 26.0 Å². The first-order chi connectivity index (χ1) is 14.5. The van der Waals surface area contributed by atoms with Crippen molar-refractivity contribution in [1.29, 1.82) is 0 Å². The number of anilines is 1. The lowest BCUT2D eigenvalue weighted by molar-refractivity contribution is -0.142. The minimum Gasteiger partial charge on any atom is -0.467 e. The number of nitrogens with zero attached hydrogens (tertiary/aromatic N) is 2. The molecule has 30 heavy (non-hydrogen) atoms. The summed E-state index contributed by atoms with van der Waals surface area (Å²) in [6.45, 7) is 3.97. The second-order valence-corrected chi connectivity index (χ2v) is 6.96. The number of fused-ring (bicyclic) bond motifs is 1. The molecule has 156 valence electrons. The molecule has 0 aliphatic carbocycles. The highest BCUT2D eigenvalue weighted by Crippen LogP contribution is 2.22. The number of furan rings is 1. The fourth-order valence-corrected chi connectivity index (χ4v) is 2.85. The molecule has 0 spiro atoms. The minimum absolute atomic E-state index is 0.0129. The number of para-hydroxylation sites is 1. The number of carbonyl (C=O) groups excluding carboxylic acids is 2. The molecule has 2 heterocycles. The van der Waals surface area contributed by atoms with Crippen LogP contribution in [0.2, 0.25) is 0 Å². The molecule has 3 aromatic rings. The number of aromatic nitrogens is 2. The highest BCUT2D eigenvalue weighted by atomic mass is 16.5. The third kappa shape index (κ3) is 5.22. The van der Waals surface area contributed by atoms with Crippen molar-refractivity contribution in [3.8, 4) is 0 Å². The molecule has 1 amide bonds. The number of hydrogen-bond acceptors (Lipinski definition) is 7. The van der Waals surface area contributed by atoms with Gasteiger partial charge in [0.25, 0.3) is 0 Å². The van der Waals surface area contributed by atoms with E-state index in [4.69, 9.17) is 9.15 Å². The van der Waals surface area contributed by atoms with Crippen LogP contribution in [0.4, 0.5) is 5.82 Å². The monoisotopic (exact) mass is 408 g/mol. The number of benzene rings is 1. The van der Waals surface area contributed by atoms with Crippen molar-refractivity contribution in [3.63, 3.8) is 0 Å². The average Bonchev–Trinajstić information content (AvgIpc) is 3.27. The summed E-state index contributed by atoms with van der Waals surface area (Å²) in [6, 6.07) is 10.4. The van der Waals surface area contributed by atoms with Gasteiger partial charge in [-0.3, -0.25) is 4.79 Å². The standard InChI is InChI=1S/C22H24N4O4/c1-14(2)20(22(28)29-3)26-21-16-8-4-5-9-17(16)24-18(25-21)13-23-19(27)11-10-15-7-6-12-30-15/h4-12,14,20H,13H2,1-3H3,(H,23,27)(H,24,25,26)/b11-10+/t20-/m0/s1. The van der Waals surface area contributed by atoms with Gasteiger partial charge < -0.3 is 19.8 Å². The third-order valence-corrected chi connectivity index (χ3v) is 4.43. The summed E-state index contributed by atoms with van der Waals surface area (Å²) in [5.74, 6) is 0.837. The second kappa shape index (κ2) is 9.69. The molecule has 0 saturated carbocycles. The fourth-order valence-electron chi connectivity index (χ4n) is 2.85. The number of rotatable bonds is 8. The van der Waals surface area contributed by atoms with Crippen LogP contribution in [0.1, 0.15) is 25.4 Å². The summed E-state index contributed by atoms with van der Waals surface area (Å²) in [6.07, 6.45) is 4.49. The van der Waals surface area contributed by atoms with E-state index >= 15 is 0 Å². The Balaban J connectivity index is 1.80. The highest BCUT2D eigenvalue weighted by Gasteiger charge is 2.24. The number of amides is 1. The van der Waals surface area contributed by atoms with Gasteiger partial charge in [0, 0.05) is 11.5 Å². The summed E-state index contributed by atoms with van der Waals surface area (Å²) >= 11 is 0. The lowest BCUT2D eigenvalue weighted by Crippen LogP contribution is -2.36. The zero-order valence-corrected chi connectivity index (χ0v) is 17.1. The van der Waals surface area contributed by atoms with Crippen LogP contribution < -0.4 is 10.6 Å². The Bertz CT molecular complexity index is 1040. The van der Waals surface area contributed by atoms with E-state index in [2.05, 4.69) is 20.6 Å². The van der Waals surface area contributed by atoms with Crippen LogP contribution in [0.15, 0.2) is 53.2 Å². The van der Waals surface area contributed by atoms with Gasteiger partial charge in [0.15, 0.2) is 5.82 Å². The van der Waals surface area contributed by atoms with E-state index in [-0.39, 0.29) is 24.3 Å². The number of methoxy groups -OCH3 is 1. The topological polar surface area (TPSA) is 106 Å². The number of ether oxygens (including phenoxy) is 1. The van der Waals surface area contributed by atoms with Crippen LogP contribution in [0.25, 0.3) is 17.0 Å². The van der Waals surface area contributed by atoms with Crippen LogP contribution in [0.5, 0.6) is 0 Å². The zero-order valence-electron chi connectivity index (χ0n) is 17.1. The Hall–Kier alpha value is -3.68. The first kappa shape index (κ1) is 21.0. The first-order valence-corrected chi connectivity index (χ1v) is 9.57. The lowest BCUT2D eigenvalue weighted by atomic mass is 10.0. The molecule has 8 nitrogen and oxygen atoms in total. The maximum absolute atomic E-state index is 12.2.